The van der Waals surface area contributed by atoms with Gasteiger partial charge in [-0.05, 0) is 51.4 Å². The second-order valence-electron chi connectivity index (χ2n) is 10.5. The van der Waals surface area contributed by atoms with Crippen molar-refractivity contribution in [3.05, 3.63) is 0 Å². The van der Waals surface area contributed by atoms with Crippen LogP contribution >= 0.6 is 0 Å². The summed E-state index contributed by atoms with van der Waals surface area (Å²) in [5, 5.41) is 0. The van der Waals surface area contributed by atoms with Gasteiger partial charge in [0.25, 0.3) is 0 Å². The molecule has 27 heavy (non-hydrogen) atoms. The number of esters is 1. The molecule has 2 aliphatic carbocycles. The Hall–Kier alpha value is 0.120. The van der Waals surface area contributed by atoms with Gasteiger partial charge in [-0.2, -0.15) is 0 Å². The van der Waals surface area contributed by atoms with E-state index in [-0.39, 0.29) is 53.2 Å². The van der Waals surface area contributed by atoms with Crippen molar-refractivity contribution >= 4 is 5.97 Å². The van der Waals surface area contributed by atoms with E-state index in [1.807, 2.05) is 0 Å². The number of rotatable bonds is 6. The zero-order chi connectivity index (χ0) is 18.7. The number of epoxide rings is 1. The molecular formula is C22H38INO3. The van der Waals surface area contributed by atoms with Crippen LogP contribution in [0, 0.1) is 23.7 Å². The third-order valence-electron chi connectivity index (χ3n) is 8.15. The molecule has 7 atom stereocenters. The molecule has 4 fully saturated rings. The van der Waals surface area contributed by atoms with E-state index in [9.17, 15) is 4.79 Å². The molecule has 2 aliphatic heterocycles. The fraction of sp³-hybridized carbons (Fsp3) is 0.955. The van der Waals surface area contributed by atoms with Gasteiger partial charge in [-0.1, -0.05) is 20.3 Å². The number of hydrogen-bond donors (Lipinski definition) is 0. The van der Waals surface area contributed by atoms with Gasteiger partial charge in [0.05, 0.1) is 32.8 Å². The maximum atomic E-state index is 13.1. The number of ether oxygens (including phenoxy) is 2. The fourth-order valence-corrected chi connectivity index (χ4v) is 6.67. The first-order valence-corrected chi connectivity index (χ1v) is 11.0. The summed E-state index contributed by atoms with van der Waals surface area (Å²) in [6.07, 6.45) is 8.54. The van der Waals surface area contributed by atoms with Crippen LogP contribution < -0.4 is 24.0 Å². The van der Waals surface area contributed by atoms with Gasteiger partial charge in [0, 0.05) is 11.8 Å². The molecule has 2 heterocycles. The first-order valence-electron chi connectivity index (χ1n) is 11.0. The van der Waals surface area contributed by atoms with E-state index in [4.69, 9.17) is 9.47 Å². The maximum absolute atomic E-state index is 13.1. The van der Waals surface area contributed by atoms with Crippen LogP contribution in [0.25, 0.3) is 0 Å². The normalized spacial score (nSPS) is 45.2. The highest BCUT2D eigenvalue weighted by Gasteiger charge is 2.77. The Labute approximate surface area is 182 Å². The number of unbranched alkanes of at least 4 members (excludes halogenated alkanes) is 2. The van der Waals surface area contributed by atoms with E-state index in [1.165, 1.54) is 25.7 Å². The molecule has 0 N–H and O–H groups in total. The van der Waals surface area contributed by atoms with Crippen LogP contribution in [0.2, 0.25) is 0 Å². The van der Waals surface area contributed by atoms with Crippen LogP contribution in [-0.4, -0.2) is 54.9 Å². The van der Waals surface area contributed by atoms with Crippen molar-refractivity contribution in [2.24, 2.45) is 23.7 Å². The first-order chi connectivity index (χ1) is 12.2. The maximum Gasteiger partial charge on any atom is 0.315 e. The van der Waals surface area contributed by atoms with Crippen molar-refractivity contribution in [2.45, 2.75) is 83.0 Å². The Balaban J connectivity index is 0.00000210. The summed E-state index contributed by atoms with van der Waals surface area (Å²) in [5.74, 6) is 1.60. The molecule has 5 heteroatoms. The van der Waals surface area contributed by atoms with Crippen LogP contribution in [0.3, 0.4) is 0 Å². The van der Waals surface area contributed by atoms with Gasteiger partial charge in [-0.15, -0.1) is 0 Å². The Morgan fingerprint density at radius 2 is 1.89 bits per heavy atom. The average molecular weight is 491 g/mol. The van der Waals surface area contributed by atoms with Crippen LogP contribution in [0.15, 0.2) is 0 Å². The van der Waals surface area contributed by atoms with E-state index in [1.54, 1.807) is 0 Å². The van der Waals surface area contributed by atoms with Gasteiger partial charge in [0.15, 0.2) is 0 Å². The lowest BCUT2D eigenvalue weighted by molar-refractivity contribution is -0.893. The SMILES string of the molecule is CCCCC[N+](C)(C)CC1C(=O)O[C@@]23C1CC[C@H](C)C2CC[C@@]1(C)O[C@@H]31.[I-]. The van der Waals surface area contributed by atoms with Crippen LogP contribution in [0.1, 0.15) is 65.7 Å². The largest absolute Gasteiger partial charge is 1.00 e. The van der Waals surface area contributed by atoms with E-state index < -0.39 is 0 Å². The molecule has 0 aromatic carbocycles. The van der Waals surface area contributed by atoms with E-state index >= 15 is 0 Å². The summed E-state index contributed by atoms with van der Waals surface area (Å²) in [7, 11) is 4.57. The molecule has 4 rings (SSSR count). The third kappa shape index (κ3) is 3.48. The zero-order valence-electron chi connectivity index (χ0n) is 17.8. The standard InChI is InChI=1S/C22H38NO3.HI/c1-6-7-8-13-23(4,5)14-16-18-10-9-15(2)17-11-12-21(3)20(26-21)22(17,18)25-19(16)24;/h15-18,20H,6-14H2,1-5H3;1H/q+1;/p-1/t15-,16?,17?,18?,20+,21+,22+;/m0./s1. The van der Waals surface area contributed by atoms with Crippen molar-refractivity contribution in [1.29, 1.82) is 0 Å². The third-order valence-corrected chi connectivity index (χ3v) is 8.15. The minimum absolute atomic E-state index is 0. The van der Waals surface area contributed by atoms with Gasteiger partial charge in [0.2, 0.25) is 0 Å². The van der Waals surface area contributed by atoms with Gasteiger partial charge in [-0.25, -0.2) is 0 Å². The summed E-state index contributed by atoms with van der Waals surface area (Å²) < 4.78 is 13.5. The second kappa shape index (κ2) is 7.42. The number of fused-ring (bicyclic) bond motifs is 1. The summed E-state index contributed by atoms with van der Waals surface area (Å²) in [5.41, 5.74) is -0.359. The smallest absolute Gasteiger partial charge is 0.315 e. The molecule has 4 nitrogen and oxygen atoms in total. The Kier molecular flexibility index (Phi) is 6.00. The average Bonchev–Trinajstić information content (AvgIpc) is 3.19. The minimum atomic E-state index is -0.324. The van der Waals surface area contributed by atoms with Crippen molar-refractivity contribution in [1.82, 2.24) is 0 Å². The molecule has 156 valence electrons. The molecule has 2 saturated heterocycles. The number of quaternary nitrogens is 1. The van der Waals surface area contributed by atoms with Crippen molar-refractivity contribution in [3.8, 4) is 0 Å². The minimum Gasteiger partial charge on any atom is -1.00 e. The lowest BCUT2D eigenvalue weighted by Crippen LogP contribution is -3.00. The Morgan fingerprint density at radius 1 is 1.15 bits per heavy atom. The first kappa shape index (κ1) is 21.8. The lowest BCUT2D eigenvalue weighted by atomic mass is 9.55. The molecule has 0 radical (unpaired) electrons. The van der Waals surface area contributed by atoms with Crippen LogP contribution in [0.4, 0.5) is 0 Å². The van der Waals surface area contributed by atoms with Crippen LogP contribution in [-0.2, 0) is 14.3 Å². The summed E-state index contributed by atoms with van der Waals surface area (Å²) in [6.45, 7) is 8.90. The van der Waals surface area contributed by atoms with Gasteiger partial charge in [0.1, 0.15) is 17.6 Å². The predicted octanol–water partition coefficient (Wildman–Crippen LogP) is 0.782. The predicted molar refractivity (Wildman–Crippen MR) is 102 cm³/mol. The molecule has 0 aromatic rings. The highest BCUT2D eigenvalue weighted by Crippen LogP contribution is 2.66. The number of nitrogens with zero attached hydrogens (tertiary/aromatic N) is 1. The summed E-state index contributed by atoms with van der Waals surface area (Å²) in [6, 6.07) is 0. The molecular weight excluding hydrogens is 453 g/mol. The highest BCUT2D eigenvalue weighted by molar-refractivity contribution is 5.77. The molecule has 4 aliphatic rings. The van der Waals surface area contributed by atoms with E-state index in [2.05, 4.69) is 34.9 Å². The Bertz CT molecular complexity index is 582. The molecule has 3 unspecified atom stereocenters. The van der Waals surface area contributed by atoms with Gasteiger partial charge >= 0.3 is 5.97 Å². The summed E-state index contributed by atoms with van der Waals surface area (Å²) in [4.78, 5) is 13.1. The van der Waals surface area contributed by atoms with Gasteiger partial charge in [-0.3, -0.25) is 4.79 Å². The number of carbonyl (C=O) groups is 1. The van der Waals surface area contributed by atoms with E-state index in [0.717, 1.165) is 36.8 Å². The summed E-state index contributed by atoms with van der Waals surface area (Å²) >= 11 is 0. The second-order valence-corrected chi connectivity index (χ2v) is 10.5. The van der Waals surface area contributed by atoms with Crippen molar-refractivity contribution in [2.75, 3.05) is 27.2 Å². The molecule has 0 amide bonds. The Morgan fingerprint density at radius 3 is 2.59 bits per heavy atom. The van der Waals surface area contributed by atoms with Crippen molar-refractivity contribution in [3.63, 3.8) is 0 Å². The molecule has 0 aromatic heterocycles. The lowest BCUT2D eigenvalue weighted by Gasteiger charge is -2.50. The highest BCUT2D eigenvalue weighted by atomic mass is 127. The van der Waals surface area contributed by atoms with Gasteiger partial charge < -0.3 is 37.9 Å². The number of hydrogen-bond acceptors (Lipinski definition) is 3. The number of carbonyl (C=O) groups excluding carboxylic acids is 1. The zero-order valence-corrected chi connectivity index (χ0v) is 20.0. The number of halogens is 1. The monoisotopic (exact) mass is 491 g/mol. The van der Waals surface area contributed by atoms with E-state index in [0.29, 0.717) is 17.8 Å². The molecule has 2 saturated carbocycles. The molecule has 0 bridgehead atoms. The van der Waals surface area contributed by atoms with Crippen molar-refractivity contribution < 1.29 is 42.7 Å². The van der Waals surface area contributed by atoms with Crippen LogP contribution in [0.5, 0.6) is 0 Å². The fourth-order valence-electron chi connectivity index (χ4n) is 6.67. The molecule has 1 spiro atoms. The quantitative estimate of drug-likeness (QED) is 0.181. The topological polar surface area (TPSA) is 38.8 Å².